The van der Waals surface area contributed by atoms with E-state index in [1.54, 1.807) is 43.8 Å². The lowest BCUT2D eigenvalue weighted by atomic mass is 10.2. The molecule has 218 valence electrons. The molecular weight excluding hydrogens is 540 g/mol. The smallest absolute Gasteiger partial charge is 0.281 e. The molecule has 13 heteroatoms. The minimum absolute atomic E-state index is 0.146. The number of likely N-dealkylation sites (tertiary alicyclic amines) is 1. The molecule has 0 bridgehead atoms. The first-order valence-corrected chi connectivity index (χ1v) is 13.5. The fraction of sp³-hybridized carbons (Fsp3) is 0.310. The maximum atomic E-state index is 12.7. The van der Waals surface area contributed by atoms with Gasteiger partial charge in [0.15, 0.2) is 11.5 Å². The van der Waals surface area contributed by atoms with Gasteiger partial charge >= 0.3 is 0 Å². The van der Waals surface area contributed by atoms with Crippen molar-refractivity contribution < 1.29 is 24.2 Å². The van der Waals surface area contributed by atoms with Gasteiger partial charge in [-0.25, -0.2) is 4.98 Å². The molecule has 13 nitrogen and oxygen atoms in total. The van der Waals surface area contributed by atoms with Crippen molar-refractivity contribution in [3.05, 3.63) is 77.9 Å². The molecule has 2 amide bonds. The molecule has 42 heavy (non-hydrogen) atoms. The minimum Gasteiger partial charge on any atom is -0.491 e. The number of ether oxygens (including phenoxy) is 2. The van der Waals surface area contributed by atoms with Gasteiger partial charge in [0.2, 0.25) is 11.5 Å². The van der Waals surface area contributed by atoms with E-state index in [9.17, 15) is 14.7 Å². The summed E-state index contributed by atoms with van der Waals surface area (Å²) in [5.41, 5.74) is 6.58. The van der Waals surface area contributed by atoms with Crippen LogP contribution in [-0.2, 0) is 6.54 Å². The van der Waals surface area contributed by atoms with E-state index in [0.717, 1.165) is 24.3 Å². The van der Waals surface area contributed by atoms with E-state index in [0.29, 0.717) is 47.8 Å². The Kier molecular flexibility index (Phi) is 8.99. The quantitative estimate of drug-likeness (QED) is 0.279. The molecule has 4 aromatic rings. The second-order valence-electron chi connectivity index (χ2n) is 9.72. The van der Waals surface area contributed by atoms with Crippen molar-refractivity contribution in [3.63, 3.8) is 0 Å². The SMILES string of the molecule is COc1c(OC[C@H](O)CN2CCC2)ccc2c3n(c(=NC(=O)c4cccnc4)nc12)CCN3.NC(=O)c1cccnc1. The van der Waals surface area contributed by atoms with Crippen LogP contribution < -0.4 is 26.1 Å². The summed E-state index contributed by atoms with van der Waals surface area (Å²) in [6.45, 7) is 4.10. The highest BCUT2D eigenvalue weighted by molar-refractivity contribution is 5.96. The van der Waals surface area contributed by atoms with E-state index in [-0.39, 0.29) is 12.2 Å². The summed E-state index contributed by atoms with van der Waals surface area (Å²) in [6, 6.07) is 10.4. The number of amides is 2. The zero-order valence-electron chi connectivity index (χ0n) is 23.1. The van der Waals surface area contributed by atoms with Gasteiger partial charge in [-0.05, 0) is 55.9 Å². The molecule has 0 spiro atoms. The average Bonchev–Trinajstić information content (AvgIpc) is 3.50. The lowest BCUT2D eigenvalue weighted by Crippen LogP contribution is -2.43. The first-order chi connectivity index (χ1) is 20.4. The number of rotatable bonds is 8. The molecule has 1 atom stereocenters. The number of methoxy groups -OCH3 is 1. The highest BCUT2D eigenvalue weighted by Crippen LogP contribution is 2.37. The summed E-state index contributed by atoms with van der Waals surface area (Å²) in [7, 11) is 1.55. The van der Waals surface area contributed by atoms with Crippen molar-refractivity contribution in [2.45, 2.75) is 19.1 Å². The maximum Gasteiger partial charge on any atom is 0.281 e. The number of aromatic nitrogens is 4. The Labute approximate surface area is 241 Å². The van der Waals surface area contributed by atoms with Gasteiger partial charge in [-0.15, -0.1) is 0 Å². The molecule has 1 fully saturated rings. The van der Waals surface area contributed by atoms with Crippen molar-refractivity contribution in [1.82, 2.24) is 24.4 Å². The normalized spacial score (nSPS) is 15.0. The highest BCUT2D eigenvalue weighted by Gasteiger charge is 2.22. The summed E-state index contributed by atoms with van der Waals surface area (Å²) in [4.78, 5) is 41.9. The van der Waals surface area contributed by atoms with Gasteiger partial charge in [0.1, 0.15) is 24.0 Å². The summed E-state index contributed by atoms with van der Waals surface area (Å²) in [5, 5.41) is 14.5. The van der Waals surface area contributed by atoms with E-state index in [1.165, 1.54) is 18.8 Å². The first kappa shape index (κ1) is 28.6. The second kappa shape index (κ2) is 13.2. The van der Waals surface area contributed by atoms with Crippen LogP contribution in [0.5, 0.6) is 11.5 Å². The van der Waals surface area contributed by atoms with Gasteiger partial charge in [-0.3, -0.25) is 24.1 Å². The average molecular weight is 573 g/mol. The Bertz CT molecular complexity index is 1620. The molecule has 4 N–H and O–H groups in total. The predicted octanol–water partition coefficient (Wildman–Crippen LogP) is 1.23. The molecule has 2 aliphatic rings. The van der Waals surface area contributed by atoms with Gasteiger partial charge in [-0.1, -0.05) is 0 Å². The Hall–Kier alpha value is -4.88. The molecule has 2 aliphatic heterocycles. The van der Waals surface area contributed by atoms with Crippen LogP contribution in [0.25, 0.3) is 10.9 Å². The summed E-state index contributed by atoms with van der Waals surface area (Å²) in [5.74, 6) is 0.874. The molecule has 1 aromatic carbocycles. The van der Waals surface area contributed by atoms with Crippen LogP contribution in [0.1, 0.15) is 27.1 Å². The van der Waals surface area contributed by atoms with Crippen molar-refractivity contribution in [3.8, 4) is 11.5 Å². The van der Waals surface area contributed by atoms with Crippen molar-refractivity contribution in [2.24, 2.45) is 10.7 Å². The number of anilines is 1. The van der Waals surface area contributed by atoms with Gasteiger partial charge in [-0.2, -0.15) is 4.99 Å². The first-order valence-electron chi connectivity index (χ1n) is 13.5. The number of nitrogens with zero attached hydrogens (tertiary/aromatic N) is 6. The number of hydrogen-bond acceptors (Lipinski definition) is 10. The number of aliphatic hydroxyl groups excluding tert-OH is 1. The minimum atomic E-state index is -0.599. The number of hydrogen-bond donors (Lipinski definition) is 3. The van der Waals surface area contributed by atoms with Gasteiger partial charge in [0, 0.05) is 49.8 Å². The van der Waals surface area contributed by atoms with Crippen LogP contribution in [0.2, 0.25) is 0 Å². The number of pyridine rings is 2. The summed E-state index contributed by atoms with van der Waals surface area (Å²) >= 11 is 0. The summed E-state index contributed by atoms with van der Waals surface area (Å²) in [6.07, 6.45) is 6.68. The topological polar surface area (TPSA) is 170 Å². The van der Waals surface area contributed by atoms with Crippen molar-refractivity contribution >= 4 is 28.5 Å². The number of benzene rings is 1. The van der Waals surface area contributed by atoms with Crippen molar-refractivity contribution in [2.75, 3.05) is 45.2 Å². The van der Waals surface area contributed by atoms with Crippen LogP contribution in [0.15, 0.2) is 66.2 Å². The van der Waals surface area contributed by atoms with Crippen LogP contribution >= 0.6 is 0 Å². The van der Waals surface area contributed by atoms with Gasteiger partial charge in [0.25, 0.3) is 5.91 Å². The number of carbonyl (C=O) groups is 2. The van der Waals surface area contributed by atoms with E-state index in [1.807, 2.05) is 16.7 Å². The van der Waals surface area contributed by atoms with Gasteiger partial charge < -0.3 is 30.5 Å². The number of carbonyl (C=O) groups excluding carboxylic acids is 2. The monoisotopic (exact) mass is 572 g/mol. The zero-order valence-corrected chi connectivity index (χ0v) is 23.1. The Balaban J connectivity index is 0.000000336. The van der Waals surface area contributed by atoms with Crippen LogP contribution in [0, 0.1) is 0 Å². The number of β-amino-alcohol motifs (C(OH)–C–C–N with tert-alkyl or cyclic N) is 1. The third kappa shape index (κ3) is 6.53. The van der Waals surface area contributed by atoms with E-state index < -0.39 is 17.9 Å². The van der Waals surface area contributed by atoms with E-state index in [2.05, 4.69) is 30.2 Å². The highest BCUT2D eigenvalue weighted by atomic mass is 16.5. The molecule has 6 rings (SSSR count). The lowest BCUT2D eigenvalue weighted by Gasteiger charge is -2.32. The van der Waals surface area contributed by atoms with Crippen LogP contribution in [0.3, 0.4) is 0 Å². The third-order valence-electron chi connectivity index (χ3n) is 6.81. The largest absolute Gasteiger partial charge is 0.491 e. The zero-order chi connectivity index (χ0) is 29.5. The van der Waals surface area contributed by atoms with Crippen LogP contribution in [-0.4, -0.2) is 87.3 Å². The predicted molar refractivity (Wildman–Crippen MR) is 154 cm³/mol. The van der Waals surface area contributed by atoms with Gasteiger partial charge in [0.05, 0.1) is 18.2 Å². The second-order valence-corrected chi connectivity index (χ2v) is 9.72. The molecule has 3 aromatic heterocycles. The molecule has 0 aliphatic carbocycles. The Morgan fingerprint density at radius 2 is 1.83 bits per heavy atom. The standard InChI is InChI=1S/C23H26N6O4.C6H6N2O/c1-32-20-18(33-14-16(30)13-28-9-3-10-28)6-5-17-19(20)26-23(29-11-8-25-21(17)29)27-22(31)15-4-2-7-24-12-15;7-6(9)5-2-1-3-8-4-5/h2,4-7,12,16,25,30H,3,8-11,13-14H2,1H3;1-4H,(H2,7,9)/t16-;/m1./s1. The Morgan fingerprint density at radius 3 is 2.43 bits per heavy atom. The fourth-order valence-electron chi connectivity index (χ4n) is 4.60. The molecule has 0 unspecified atom stereocenters. The van der Waals surface area contributed by atoms with Crippen molar-refractivity contribution in [1.29, 1.82) is 0 Å². The molecule has 0 saturated carbocycles. The number of primary amides is 1. The molecular formula is C29H32N8O5. The fourth-order valence-corrected chi connectivity index (χ4v) is 4.60. The van der Waals surface area contributed by atoms with E-state index in [4.69, 9.17) is 15.2 Å². The maximum absolute atomic E-state index is 12.7. The van der Waals surface area contributed by atoms with E-state index >= 15 is 0 Å². The molecule has 1 saturated heterocycles. The number of aliphatic hydroxyl groups is 1. The number of fused-ring (bicyclic) bond motifs is 3. The number of nitrogens with one attached hydrogen (secondary N) is 1. The number of nitrogens with two attached hydrogens (primary N) is 1. The Morgan fingerprint density at radius 1 is 1.10 bits per heavy atom. The molecule has 0 radical (unpaired) electrons. The van der Waals surface area contributed by atoms with Crippen LogP contribution in [0.4, 0.5) is 5.82 Å². The summed E-state index contributed by atoms with van der Waals surface area (Å²) < 4.78 is 13.4. The third-order valence-corrected chi connectivity index (χ3v) is 6.81. The molecule has 5 heterocycles. The lowest BCUT2D eigenvalue weighted by molar-refractivity contribution is 0.0461.